The van der Waals surface area contributed by atoms with Gasteiger partial charge in [0.05, 0.1) is 23.0 Å². The van der Waals surface area contributed by atoms with E-state index in [1.165, 1.54) is 0 Å². The third kappa shape index (κ3) is 4.11. The van der Waals surface area contributed by atoms with Gasteiger partial charge in [-0.3, -0.25) is 0 Å². The Morgan fingerprint density at radius 1 is 0.920 bits per heavy atom. The fourth-order valence-corrected chi connectivity index (χ4v) is 4.22. The van der Waals surface area contributed by atoms with Gasteiger partial charge in [0, 0.05) is 19.3 Å². The molecule has 0 saturated carbocycles. The zero-order valence-electron chi connectivity index (χ0n) is 14.6. The molecule has 0 N–H and O–H groups in total. The minimum absolute atomic E-state index is 0.318. The highest BCUT2D eigenvalue weighted by atomic mass is 32.2. The van der Waals surface area contributed by atoms with E-state index in [2.05, 4.69) is 0 Å². The van der Waals surface area contributed by atoms with Gasteiger partial charge in [-0.1, -0.05) is 47.5 Å². The molecular formula is C20H23NO3S. The molecular weight excluding hydrogens is 334 g/mol. The molecule has 1 fully saturated rings. The van der Waals surface area contributed by atoms with Crippen LogP contribution in [0.4, 0.5) is 0 Å². The van der Waals surface area contributed by atoms with Crippen molar-refractivity contribution in [2.45, 2.75) is 18.7 Å². The number of nitrogens with zero attached hydrogens (tertiary/aromatic N) is 1. The van der Waals surface area contributed by atoms with Crippen LogP contribution in [-0.2, 0) is 14.6 Å². The molecule has 1 aliphatic heterocycles. The van der Waals surface area contributed by atoms with E-state index in [0.29, 0.717) is 41.7 Å². The first-order chi connectivity index (χ1) is 12.0. The summed E-state index contributed by atoms with van der Waals surface area (Å²) >= 11 is 0. The van der Waals surface area contributed by atoms with Crippen LogP contribution in [0, 0.1) is 13.8 Å². The van der Waals surface area contributed by atoms with E-state index in [9.17, 15) is 8.42 Å². The van der Waals surface area contributed by atoms with Crippen LogP contribution in [0.15, 0.2) is 59.6 Å². The first-order valence-corrected chi connectivity index (χ1v) is 9.87. The number of ether oxygens (including phenoxy) is 1. The maximum atomic E-state index is 13.3. The van der Waals surface area contributed by atoms with Crippen molar-refractivity contribution in [2.75, 3.05) is 26.3 Å². The second-order valence-corrected chi connectivity index (χ2v) is 8.24. The fraction of sp³-hybridized carbons (Fsp3) is 0.300. The van der Waals surface area contributed by atoms with Gasteiger partial charge in [-0.2, -0.15) is 0 Å². The lowest BCUT2D eigenvalue weighted by molar-refractivity contribution is 0.0597. The topological polar surface area (TPSA) is 46.6 Å². The Kier molecular flexibility index (Phi) is 5.25. The molecule has 1 saturated heterocycles. The molecule has 0 radical (unpaired) electrons. The molecule has 0 atom stereocenters. The Morgan fingerprint density at radius 3 is 2.00 bits per heavy atom. The molecule has 1 aliphatic rings. The molecule has 25 heavy (non-hydrogen) atoms. The standard InChI is InChI=1S/C20H23NO3S/c1-16-3-7-18(8-4-16)20(15-21-11-13-24-14-12-21)25(22,23)19-9-5-17(2)6-10-19/h3-10,15H,11-14H2,1-2H3/b20-15-. The van der Waals surface area contributed by atoms with Crippen molar-refractivity contribution in [3.8, 4) is 0 Å². The summed E-state index contributed by atoms with van der Waals surface area (Å²) < 4.78 is 31.9. The Labute approximate surface area is 149 Å². The number of aryl methyl sites for hydroxylation is 2. The van der Waals surface area contributed by atoms with E-state index in [0.717, 1.165) is 11.1 Å². The Bertz CT molecular complexity index is 847. The lowest BCUT2D eigenvalue weighted by atomic mass is 10.1. The van der Waals surface area contributed by atoms with Crippen molar-refractivity contribution >= 4 is 14.7 Å². The first kappa shape index (κ1) is 17.7. The van der Waals surface area contributed by atoms with Crippen molar-refractivity contribution < 1.29 is 13.2 Å². The smallest absolute Gasteiger partial charge is 0.208 e. The largest absolute Gasteiger partial charge is 0.378 e. The van der Waals surface area contributed by atoms with Gasteiger partial charge in [0.25, 0.3) is 0 Å². The number of rotatable bonds is 4. The molecule has 5 heteroatoms. The molecule has 3 rings (SSSR count). The third-order valence-electron chi connectivity index (χ3n) is 4.30. The predicted octanol–water partition coefficient (Wildman–Crippen LogP) is 3.41. The summed E-state index contributed by atoms with van der Waals surface area (Å²) in [4.78, 5) is 2.67. The van der Waals surface area contributed by atoms with Crippen LogP contribution < -0.4 is 0 Å². The van der Waals surface area contributed by atoms with Crippen LogP contribution >= 0.6 is 0 Å². The van der Waals surface area contributed by atoms with Crippen LogP contribution in [-0.4, -0.2) is 39.6 Å². The Morgan fingerprint density at radius 2 is 1.44 bits per heavy atom. The van der Waals surface area contributed by atoms with E-state index in [4.69, 9.17) is 4.74 Å². The van der Waals surface area contributed by atoms with Gasteiger partial charge >= 0.3 is 0 Å². The normalized spacial score (nSPS) is 16.1. The molecule has 132 valence electrons. The summed E-state index contributed by atoms with van der Waals surface area (Å²) in [7, 11) is -3.60. The van der Waals surface area contributed by atoms with Gasteiger partial charge in [-0.25, -0.2) is 8.42 Å². The maximum absolute atomic E-state index is 13.3. The molecule has 0 amide bonds. The summed E-state index contributed by atoms with van der Waals surface area (Å²) in [5.74, 6) is 0. The van der Waals surface area contributed by atoms with E-state index < -0.39 is 9.84 Å². The Hall–Kier alpha value is -2.11. The third-order valence-corrected chi connectivity index (χ3v) is 6.12. The molecule has 1 heterocycles. The van der Waals surface area contributed by atoms with Crippen molar-refractivity contribution in [2.24, 2.45) is 0 Å². The quantitative estimate of drug-likeness (QED) is 0.841. The maximum Gasteiger partial charge on any atom is 0.208 e. The highest BCUT2D eigenvalue weighted by molar-refractivity contribution is 8.00. The van der Waals surface area contributed by atoms with E-state index >= 15 is 0 Å². The van der Waals surface area contributed by atoms with Gasteiger partial charge in [0.2, 0.25) is 9.84 Å². The Balaban J connectivity index is 2.07. The van der Waals surface area contributed by atoms with Gasteiger partial charge in [-0.15, -0.1) is 0 Å². The number of hydrogen-bond acceptors (Lipinski definition) is 4. The second kappa shape index (κ2) is 7.42. The fourth-order valence-electron chi connectivity index (χ4n) is 2.73. The average molecular weight is 357 g/mol. The monoisotopic (exact) mass is 357 g/mol. The zero-order chi connectivity index (χ0) is 17.9. The van der Waals surface area contributed by atoms with E-state index in [-0.39, 0.29) is 0 Å². The number of sulfone groups is 1. The number of morpholine rings is 1. The molecule has 0 unspecified atom stereocenters. The van der Waals surface area contributed by atoms with Crippen LogP contribution in [0.1, 0.15) is 16.7 Å². The lowest BCUT2D eigenvalue weighted by Crippen LogP contribution is -2.32. The van der Waals surface area contributed by atoms with Crippen LogP contribution in [0.2, 0.25) is 0 Å². The van der Waals surface area contributed by atoms with Crippen LogP contribution in [0.25, 0.3) is 4.91 Å². The van der Waals surface area contributed by atoms with Crippen LogP contribution in [0.5, 0.6) is 0 Å². The van der Waals surface area contributed by atoms with Crippen LogP contribution in [0.3, 0.4) is 0 Å². The van der Waals surface area contributed by atoms with Crippen molar-refractivity contribution in [1.82, 2.24) is 4.90 Å². The predicted molar refractivity (Wildman–Crippen MR) is 99.9 cm³/mol. The molecule has 0 aromatic heterocycles. The molecule has 0 spiro atoms. The molecule has 2 aromatic rings. The number of benzene rings is 2. The molecule has 0 bridgehead atoms. The molecule has 2 aromatic carbocycles. The first-order valence-electron chi connectivity index (χ1n) is 8.39. The van der Waals surface area contributed by atoms with Gasteiger partial charge in [0.1, 0.15) is 0 Å². The van der Waals surface area contributed by atoms with Gasteiger partial charge in [-0.05, 0) is 31.5 Å². The minimum Gasteiger partial charge on any atom is -0.378 e. The van der Waals surface area contributed by atoms with E-state index in [1.807, 2.05) is 55.1 Å². The average Bonchev–Trinajstić information content (AvgIpc) is 2.62. The highest BCUT2D eigenvalue weighted by Crippen LogP contribution is 2.29. The summed E-state index contributed by atoms with van der Waals surface area (Å²) in [6.07, 6.45) is 1.77. The van der Waals surface area contributed by atoms with E-state index in [1.54, 1.807) is 18.3 Å². The summed E-state index contributed by atoms with van der Waals surface area (Å²) in [6.45, 7) is 6.55. The molecule has 0 aliphatic carbocycles. The van der Waals surface area contributed by atoms with Crippen molar-refractivity contribution in [3.05, 3.63) is 71.4 Å². The van der Waals surface area contributed by atoms with Crippen molar-refractivity contribution in [3.63, 3.8) is 0 Å². The number of hydrogen-bond donors (Lipinski definition) is 0. The minimum atomic E-state index is -3.60. The zero-order valence-corrected chi connectivity index (χ0v) is 15.4. The molecule has 4 nitrogen and oxygen atoms in total. The van der Waals surface area contributed by atoms with Gasteiger partial charge < -0.3 is 9.64 Å². The SMILES string of the molecule is Cc1ccc(/C(=C/N2CCOCC2)S(=O)(=O)c2ccc(C)cc2)cc1. The lowest BCUT2D eigenvalue weighted by Gasteiger charge is -2.26. The second-order valence-electron chi connectivity index (χ2n) is 6.32. The van der Waals surface area contributed by atoms with Gasteiger partial charge in [0.15, 0.2) is 0 Å². The summed E-state index contributed by atoms with van der Waals surface area (Å²) in [5, 5.41) is 0. The van der Waals surface area contributed by atoms with Crippen molar-refractivity contribution in [1.29, 1.82) is 0 Å². The summed E-state index contributed by atoms with van der Waals surface area (Å²) in [6, 6.07) is 14.6. The highest BCUT2D eigenvalue weighted by Gasteiger charge is 2.24. The summed E-state index contributed by atoms with van der Waals surface area (Å²) in [5.41, 5.74) is 2.84.